The van der Waals surface area contributed by atoms with E-state index in [0.29, 0.717) is 12.3 Å². The first-order chi connectivity index (χ1) is 14.1. The number of aliphatic hydroxyl groups excluding tert-OH is 1. The summed E-state index contributed by atoms with van der Waals surface area (Å²) in [6.45, 7) is 7.61. The van der Waals surface area contributed by atoms with Gasteiger partial charge in [0, 0.05) is 10.8 Å². The van der Waals surface area contributed by atoms with Gasteiger partial charge in [0.05, 0.1) is 6.61 Å². The van der Waals surface area contributed by atoms with Crippen LogP contribution in [0.5, 0.6) is 0 Å². The molecular formula is C22H31NO7. The molecule has 1 aromatic carbocycles. The van der Waals surface area contributed by atoms with Crippen molar-refractivity contribution in [3.8, 4) is 0 Å². The van der Waals surface area contributed by atoms with Crippen LogP contribution in [0, 0.1) is 22.0 Å². The lowest BCUT2D eigenvalue weighted by molar-refractivity contribution is -0.519. The second kappa shape index (κ2) is 10.0. The van der Waals surface area contributed by atoms with Gasteiger partial charge in [-0.3, -0.25) is 10.1 Å². The van der Waals surface area contributed by atoms with Crippen molar-refractivity contribution in [2.24, 2.45) is 11.8 Å². The molecule has 0 spiro atoms. The van der Waals surface area contributed by atoms with Gasteiger partial charge in [0.2, 0.25) is 6.10 Å². The Bertz CT molecular complexity index is 749. The minimum atomic E-state index is -2.23. The molecule has 1 aliphatic carbocycles. The maximum absolute atomic E-state index is 12.6. The molecular weight excluding hydrogens is 390 g/mol. The average Bonchev–Trinajstić information content (AvgIpc) is 2.68. The summed E-state index contributed by atoms with van der Waals surface area (Å²) in [6, 6.07) is 7.68. The second-order valence-electron chi connectivity index (χ2n) is 8.51. The van der Waals surface area contributed by atoms with Gasteiger partial charge in [-0.2, -0.15) is 0 Å². The quantitative estimate of drug-likeness (QED) is 0.390. The van der Waals surface area contributed by atoms with Crippen molar-refractivity contribution in [2.75, 3.05) is 6.61 Å². The first kappa shape index (κ1) is 23.8. The molecule has 1 N–H and O–H groups in total. The molecule has 0 saturated heterocycles. The first-order valence-electron chi connectivity index (χ1n) is 10.3. The molecule has 2 rings (SSSR count). The molecule has 1 aliphatic rings. The smallest absolute Gasteiger partial charge is 0.385 e. The van der Waals surface area contributed by atoms with E-state index >= 15 is 0 Å². The van der Waals surface area contributed by atoms with Gasteiger partial charge in [-0.05, 0) is 36.7 Å². The Kier molecular flexibility index (Phi) is 7.95. The van der Waals surface area contributed by atoms with Crippen LogP contribution in [0.15, 0.2) is 30.3 Å². The van der Waals surface area contributed by atoms with Gasteiger partial charge in [-0.15, -0.1) is 0 Å². The summed E-state index contributed by atoms with van der Waals surface area (Å²) in [4.78, 5) is 34.7. The van der Waals surface area contributed by atoms with E-state index < -0.39 is 35.1 Å². The maximum Gasteiger partial charge on any atom is 0.385 e. The molecule has 30 heavy (non-hydrogen) atoms. The summed E-state index contributed by atoms with van der Waals surface area (Å²) in [6.07, 6.45) is -0.384. The summed E-state index contributed by atoms with van der Waals surface area (Å²) < 4.78 is 10.2. The van der Waals surface area contributed by atoms with E-state index in [9.17, 15) is 24.8 Å². The molecule has 8 heteroatoms. The zero-order chi connectivity index (χ0) is 22.5. The van der Waals surface area contributed by atoms with Crippen molar-refractivity contribution in [1.82, 2.24) is 0 Å². The van der Waals surface area contributed by atoms with E-state index in [1.807, 2.05) is 30.3 Å². The van der Waals surface area contributed by atoms with Gasteiger partial charge in [-0.1, -0.05) is 57.5 Å². The first-order valence-corrected chi connectivity index (χ1v) is 10.3. The summed E-state index contributed by atoms with van der Waals surface area (Å²) in [7, 11) is 0. The van der Waals surface area contributed by atoms with E-state index in [2.05, 4.69) is 25.5 Å². The van der Waals surface area contributed by atoms with Gasteiger partial charge in [-0.25, -0.2) is 9.59 Å². The van der Waals surface area contributed by atoms with Crippen LogP contribution in [0.25, 0.3) is 0 Å². The van der Waals surface area contributed by atoms with Gasteiger partial charge in [0.15, 0.2) is 0 Å². The number of nitrogens with zero attached hydrogens (tertiary/aromatic N) is 1. The molecule has 0 bridgehead atoms. The van der Waals surface area contributed by atoms with Crippen molar-refractivity contribution < 1.29 is 29.1 Å². The second-order valence-corrected chi connectivity index (χ2v) is 8.51. The van der Waals surface area contributed by atoms with Gasteiger partial charge in [0.1, 0.15) is 6.10 Å². The third kappa shape index (κ3) is 5.36. The van der Waals surface area contributed by atoms with Crippen LogP contribution in [-0.4, -0.2) is 46.8 Å². The Balaban J connectivity index is 2.22. The highest BCUT2D eigenvalue weighted by Gasteiger charge is 2.47. The maximum atomic E-state index is 12.6. The van der Waals surface area contributed by atoms with E-state index in [0.717, 1.165) is 18.4 Å². The lowest BCUT2D eigenvalue weighted by Crippen LogP contribution is -2.50. The Morgan fingerprint density at radius 1 is 1.23 bits per heavy atom. The number of carbonyl (C=O) groups excluding carboxylic acids is 2. The third-order valence-electron chi connectivity index (χ3n) is 6.06. The highest BCUT2D eigenvalue weighted by atomic mass is 16.6. The zero-order valence-electron chi connectivity index (χ0n) is 17.9. The Morgan fingerprint density at radius 2 is 1.87 bits per heavy atom. The van der Waals surface area contributed by atoms with E-state index in [1.54, 1.807) is 0 Å². The molecule has 1 saturated carbocycles. The predicted molar refractivity (Wildman–Crippen MR) is 109 cm³/mol. The molecule has 166 valence electrons. The van der Waals surface area contributed by atoms with Crippen molar-refractivity contribution in [3.63, 3.8) is 0 Å². The number of carbonyl (C=O) groups is 2. The molecule has 0 aliphatic heterocycles. The van der Waals surface area contributed by atoms with Crippen LogP contribution in [0.4, 0.5) is 0 Å². The Morgan fingerprint density at radius 3 is 2.43 bits per heavy atom. The van der Waals surface area contributed by atoms with Crippen LogP contribution in [0.2, 0.25) is 0 Å². The molecule has 0 amide bonds. The van der Waals surface area contributed by atoms with Crippen LogP contribution < -0.4 is 0 Å². The Labute approximate surface area is 176 Å². The third-order valence-corrected chi connectivity index (χ3v) is 6.06. The monoisotopic (exact) mass is 421 g/mol. The minimum Gasteiger partial charge on any atom is -0.461 e. The van der Waals surface area contributed by atoms with E-state index in [1.165, 1.54) is 6.92 Å². The minimum absolute atomic E-state index is 0.0381. The predicted octanol–water partition coefficient (Wildman–Crippen LogP) is 2.88. The summed E-state index contributed by atoms with van der Waals surface area (Å²) in [5, 5.41) is 21.5. The number of hydrogen-bond acceptors (Lipinski definition) is 7. The van der Waals surface area contributed by atoms with Crippen molar-refractivity contribution >= 4 is 11.9 Å². The van der Waals surface area contributed by atoms with Gasteiger partial charge in [0.25, 0.3) is 0 Å². The van der Waals surface area contributed by atoms with Crippen LogP contribution in [0.1, 0.15) is 52.5 Å². The number of ether oxygens (including phenoxy) is 2. The van der Waals surface area contributed by atoms with Crippen molar-refractivity contribution in [1.29, 1.82) is 0 Å². The van der Waals surface area contributed by atoms with Gasteiger partial charge >= 0.3 is 18.0 Å². The molecule has 0 aromatic heterocycles. The van der Waals surface area contributed by atoms with Crippen LogP contribution in [-0.2, 0) is 24.5 Å². The lowest BCUT2D eigenvalue weighted by atomic mass is 9.64. The zero-order valence-corrected chi connectivity index (χ0v) is 17.9. The molecule has 0 radical (unpaired) electrons. The SMILES string of the molecule is CCOC(=O)[C@@H]([C@H](O)C(=O)O[C@@H]1C[C@H](C)CC[C@H]1C(C)(C)c1ccccc1)[N+](=O)[O-]. The summed E-state index contributed by atoms with van der Waals surface area (Å²) in [5.74, 6) is -2.16. The number of esters is 2. The fourth-order valence-corrected chi connectivity index (χ4v) is 4.27. The lowest BCUT2D eigenvalue weighted by Gasteiger charge is -2.44. The number of nitro groups is 1. The standard InChI is InChI=1S/C22H31NO7/c1-5-29-20(25)18(23(27)28)19(24)21(26)30-17-13-14(2)11-12-16(17)22(3,4)15-9-7-6-8-10-15/h6-10,14,16-19,24H,5,11-13H2,1-4H3/t14-,16-,17-,18-,19+/m1/s1. The number of rotatable bonds is 8. The fourth-order valence-electron chi connectivity index (χ4n) is 4.27. The molecule has 5 atom stereocenters. The topological polar surface area (TPSA) is 116 Å². The van der Waals surface area contributed by atoms with E-state index in [-0.39, 0.29) is 17.9 Å². The molecule has 8 nitrogen and oxygen atoms in total. The fraction of sp³-hybridized carbons (Fsp3) is 0.636. The van der Waals surface area contributed by atoms with Crippen molar-refractivity contribution in [3.05, 3.63) is 46.0 Å². The largest absolute Gasteiger partial charge is 0.461 e. The summed E-state index contributed by atoms with van der Waals surface area (Å²) >= 11 is 0. The average molecular weight is 421 g/mol. The molecule has 1 aromatic rings. The molecule has 0 heterocycles. The number of hydrogen-bond donors (Lipinski definition) is 1. The van der Waals surface area contributed by atoms with E-state index in [4.69, 9.17) is 4.74 Å². The molecule has 0 unspecified atom stereocenters. The van der Waals surface area contributed by atoms with Crippen LogP contribution in [0.3, 0.4) is 0 Å². The summed E-state index contributed by atoms with van der Waals surface area (Å²) in [5.41, 5.74) is 0.779. The number of aliphatic hydroxyl groups is 1. The van der Waals surface area contributed by atoms with Crippen molar-refractivity contribution in [2.45, 2.75) is 70.6 Å². The highest BCUT2D eigenvalue weighted by molar-refractivity contribution is 5.85. The van der Waals surface area contributed by atoms with Crippen LogP contribution >= 0.6 is 0 Å². The molecule has 1 fully saturated rings. The van der Waals surface area contributed by atoms with Gasteiger partial charge < -0.3 is 14.6 Å². The normalized spacial score (nSPS) is 23.8. The highest BCUT2D eigenvalue weighted by Crippen LogP contribution is 2.43. The number of benzene rings is 1. The Hall–Kier alpha value is -2.48.